The Labute approximate surface area is 142 Å². The first-order valence-electron chi connectivity index (χ1n) is 7.18. The molecule has 0 atom stereocenters. The minimum Gasteiger partial charge on any atom is -0.334 e. The molecular formula is C16H12Cl2N4O. The van der Waals surface area contributed by atoms with Crippen LogP contribution in [0.2, 0.25) is 10.3 Å². The highest BCUT2D eigenvalue weighted by Gasteiger charge is 2.30. The van der Waals surface area contributed by atoms with E-state index >= 15 is 0 Å². The molecule has 0 radical (unpaired) electrons. The number of halogens is 2. The van der Waals surface area contributed by atoms with Gasteiger partial charge in [-0.2, -0.15) is 0 Å². The van der Waals surface area contributed by atoms with E-state index in [1.54, 1.807) is 11.0 Å². The highest BCUT2D eigenvalue weighted by atomic mass is 35.5. The number of carbonyl (C=O) groups is 1. The predicted molar refractivity (Wildman–Crippen MR) is 87.9 cm³/mol. The van der Waals surface area contributed by atoms with Gasteiger partial charge in [0.1, 0.15) is 16.0 Å². The molecule has 0 N–H and O–H groups in total. The molecule has 0 saturated carbocycles. The van der Waals surface area contributed by atoms with Crippen molar-refractivity contribution in [1.29, 1.82) is 0 Å². The maximum absolute atomic E-state index is 12.4. The Morgan fingerprint density at radius 2 is 2.09 bits per heavy atom. The van der Waals surface area contributed by atoms with Crippen LogP contribution in [-0.2, 0) is 13.0 Å². The number of hydrogen-bond donors (Lipinski definition) is 0. The van der Waals surface area contributed by atoms with Gasteiger partial charge in [-0.3, -0.25) is 4.79 Å². The number of carbonyl (C=O) groups excluding carboxylic acids is 1. The summed E-state index contributed by atoms with van der Waals surface area (Å²) in [6, 6.07) is 7.44. The van der Waals surface area contributed by atoms with Gasteiger partial charge in [0.05, 0.1) is 11.3 Å². The van der Waals surface area contributed by atoms with Gasteiger partial charge in [-0.05, 0) is 18.2 Å². The molecule has 0 fully saturated rings. The monoisotopic (exact) mass is 346 g/mol. The van der Waals surface area contributed by atoms with E-state index < -0.39 is 0 Å². The number of pyridine rings is 2. The lowest BCUT2D eigenvalue weighted by molar-refractivity contribution is 0.0780. The normalized spacial score (nSPS) is 13.8. The highest BCUT2D eigenvalue weighted by Crippen LogP contribution is 2.30. The maximum Gasteiger partial charge on any atom is 0.254 e. The minimum absolute atomic E-state index is 0.0602. The fourth-order valence-corrected chi connectivity index (χ4v) is 3.31. The number of fused-ring (bicyclic) bond motifs is 2. The Hall–Kier alpha value is -2.11. The van der Waals surface area contributed by atoms with E-state index in [0.717, 1.165) is 16.9 Å². The molecule has 0 bridgehead atoms. The molecule has 23 heavy (non-hydrogen) atoms. The molecule has 1 aliphatic heterocycles. The van der Waals surface area contributed by atoms with Crippen molar-refractivity contribution in [2.75, 3.05) is 6.54 Å². The average Bonchev–Trinajstić information content (AvgIpc) is 3.07. The van der Waals surface area contributed by atoms with E-state index in [-0.39, 0.29) is 11.1 Å². The van der Waals surface area contributed by atoms with Gasteiger partial charge < -0.3 is 9.30 Å². The van der Waals surface area contributed by atoms with Crippen LogP contribution in [0.4, 0.5) is 0 Å². The van der Waals surface area contributed by atoms with E-state index in [4.69, 9.17) is 23.2 Å². The minimum atomic E-state index is -0.0602. The zero-order chi connectivity index (χ0) is 16.0. The van der Waals surface area contributed by atoms with Gasteiger partial charge in [-0.1, -0.05) is 29.3 Å². The van der Waals surface area contributed by atoms with E-state index in [1.165, 1.54) is 0 Å². The van der Waals surface area contributed by atoms with Crippen molar-refractivity contribution in [2.24, 2.45) is 0 Å². The van der Waals surface area contributed by atoms with Crippen LogP contribution in [0.15, 0.2) is 36.7 Å². The van der Waals surface area contributed by atoms with Crippen LogP contribution in [0.5, 0.6) is 0 Å². The van der Waals surface area contributed by atoms with Crippen LogP contribution < -0.4 is 0 Å². The van der Waals surface area contributed by atoms with Crippen molar-refractivity contribution in [2.45, 2.75) is 13.0 Å². The van der Waals surface area contributed by atoms with Crippen LogP contribution in [-0.4, -0.2) is 31.7 Å². The molecule has 0 spiro atoms. The van der Waals surface area contributed by atoms with Crippen LogP contribution >= 0.6 is 23.2 Å². The molecule has 4 rings (SSSR count). The fraction of sp³-hybridized carbons (Fsp3) is 0.188. The molecule has 0 unspecified atom stereocenters. The zero-order valence-corrected chi connectivity index (χ0v) is 13.6. The van der Waals surface area contributed by atoms with Crippen molar-refractivity contribution in [3.05, 3.63) is 63.8 Å². The summed E-state index contributed by atoms with van der Waals surface area (Å²) in [5.74, 6) is -0.0602. The summed E-state index contributed by atoms with van der Waals surface area (Å²) in [7, 11) is 0. The molecule has 5 nitrogen and oxygen atoms in total. The standard InChI is InChI=1S/C16H12Cl2N4O/c17-13-7-11-12(15(18)20-13)9-22(16(11)23)6-4-10-8-21-5-2-1-3-14(21)19-10/h1-3,5,7-8H,4,6,9H2. The Kier molecular flexibility index (Phi) is 3.47. The summed E-state index contributed by atoms with van der Waals surface area (Å²) >= 11 is 12.0. The van der Waals surface area contributed by atoms with Crippen molar-refractivity contribution < 1.29 is 4.79 Å². The second kappa shape index (κ2) is 5.51. The van der Waals surface area contributed by atoms with E-state index in [1.807, 2.05) is 35.0 Å². The summed E-state index contributed by atoms with van der Waals surface area (Å²) in [6.45, 7) is 1.04. The van der Waals surface area contributed by atoms with Crippen molar-refractivity contribution in [3.63, 3.8) is 0 Å². The van der Waals surface area contributed by atoms with E-state index in [9.17, 15) is 4.79 Å². The van der Waals surface area contributed by atoms with Gasteiger partial charge in [-0.15, -0.1) is 0 Å². The van der Waals surface area contributed by atoms with E-state index in [0.29, 0.717) is 30.2 Å². The number of nitrogens with zero attached hydrogens (tertiary/aromatic N) is 4. The smallest absolute Gasteiger partial charge is 0.254 e. The molecule has 3 aromatic heterocycles. The Morgan fingerprint density at radius 3 is 2.91 bits per heavy atom. The SMILES string of the molecule is O=C1c2cc(Cl)nc(Cl)c2CN1CCc1cn2ccccc2n1. The van der Waals surface area contributed by atoms with Gasteiger partial charge in [0.15, 0.2) is 0 Å². The van der Waals surface area contributed by atoms with Gasteiger partial charge in [0, 0.05) is 37.5 Å². The largest absolute Gasteiger partial charge is 0.334 e. The third-order valence-electron chi connectivity index (χ3n) is 3.96. The van der Waals surface area contributed by atoms with Crippen LogP contribution in [0.3, 0.4) is 0 Å². The fourth-order valence-electron chi connectivity index (χ4n) is 2.82. The lowest BCUT2D eigenvalue weighted by atomic mass is 10.2. The van der Waals surface area contributed by atoms with E-state index in [2.05, 4.69) is 9.97 Å². The molecule has 0 aliphatic carbocycles. The quantitative estimate of drug-likeness (QED) is 0.684. The first-order valence-corrected chi connectivity index (χ1v) is 7.94. The number of hydrogen-bond acceptors (Lipinski definition) is 3. The summed E-state index contributed by atoms with van der Waals surface area (Å²) in [5, 5.41) is 0.542. The second-order valence-corrected chi connectivity index (χ2v) is 6.18. The topological polar surface area (TPSA) is 50.5 Å². The Balaban J connectivity index is 1.52. The van der Waals surface area contributed by atoms with Crippen LogP contribution in [0.1, 0.15) is 21.6 Å². The highest BCUT2D eigenvalue weighted by molar-refractivity contribution is 6.33. The van der Waals surface area contributed by atoms with Crippen molar-refractivity contribution in [1.82, 2.24) is 19.3 Å². The number of rotatable bonds is 3. The van der Waals surface area contributed by atoms with Crippen molar-refractivity contribution >= 4 is 34.8 Å². The predicted octanol–water partition coefficient (Wildman–Crippen LogP) is 3.23. The summed E-state index contributed by atoms with van der Waals surface area (Å²) in [6.07, 6.45) is 4.62. The van der Waals surface area contributed by atoms with Gasteiger partial charge in [0.2, 0.25) is 0 Å². The maximum atomic E-state index is 12.4. The molecule has 4 heterocycles. The third kappa shape index (κ3) is 2.56. The average molecular weight is 347 g/mol. The van der Waals surface area contributed by atoms with Crippen molar-refractivity contribution in [3.8, 4) is 0 Å². The third-order valence-corrected chi connectivity index (χ3v) is 4.47. The van der Waals surface area contributed by atoms with Crippen LogP contribution in [0, 0.1) is 0 Å². The molecule has 3 aromatic rings. The zero-order valence-electron chi connectivity index (χ0n) is 12.0. The number of amides is 1. The molecule has 1 aliphatic rings. The van der Waals surface area contributed by atoms with Gasteiger partial charge in [0.25, 0.3) is 5.91 Å². The Morgan fingerprint density at radius 1 is 1.22 bits per heavy atom. The second-order valence-electron chi connectivity index (χ2n) is 5.44. The van der Waals surface area contributed by atoms with Gasteiger partial charge in [-0.25, -0.2) is 9.97 Å². The molecule has 7 heteroatoms. The molecule has 116 valence electrons. The lowest BCUT2D eigenvalue weighted by Gasteiger charge is -2.14. The van der Waals surface area contributed by atoms with Crippen LogP contribution in [0.25, 0.3) is 5.65 Å². The Bertz CT molecular complexity index is 889. The number of aromatic nitrogens is 3. The summed E-state index contributed by atoms with van der Waals surface area (Å²) < 4.78 is 1.97. The summed E-state index contributed by atoms with van der Waals surface area (Å²) in [4.78, 5) is 22.7. The first kappa shape index (κ1) is 14.5. The molecule has 1 amide bonds. The molecule has 0 saturated heterocycles. The lowest BCUT2D eigenvalue weighted by Crippen LogP contribution is -2.26. The first-order chi connectivity index (χ1) is 11.1. The van der Waals surface area contributed by atoms with Gasteiger partial charge >= 0.3 is 0 Å². The number of imidazole rings is 1. The molecular weight excluding hydrogens is 335 g/mol. The molecule has 0 aromatic carbocycles. The summed E-state index contributed by atoms with van der Waals surface area (Å²) in [5.41, 5.74) is 3.14.